The van der Waals surface area contributed by atoms with Crippen molar-refractivity contribution in [3.8, 4) is 5.75 Å². The van der Waals surface area contributed by atoms with E-state index in [1.54, 1.807) is 7.11 Å². The Kier molecular flexibility index (Phi) is 3.77. The normalized spacial score (nSPS) is 21.3. The molecule has 2 aromatic carbocycles. The lowest BCUT2D eigenvalue weighted by Crippen LogP contribution is -2.46. The molecule has 0 spiro atoms. The van der Waals surface area contributed by atoms with Crippen molar-refractivity contribution in [2.45, 2.75) is 18.5 Å². The molecule has 3 rings (SSSR count). The maximum Gasteiger partial charge on any atom is 0.315 e. The van der Waals surface area contributed by atoms with E-state index < -0.39 is 0 Å². The Morgan fingerprint density at radius 3 is 2.05 bits per heavy atom. The molecule has 0 radical (unpaired) electrons. The predicted octanol–water partition coefficient (Wildman–Crippen LogP) is 3.18. The van der Waals surface area contributed by atoms with Crippen molar-refractivity contribution in [2.24, 2.45) is 0 Å². The van der Waals surface area contributed by atoms with E-state index in [0.717, 1.165) is 23.3 Å². The van der Waals surface area contributed by atoms with Gasteiger partial charge in [-0.3, -0.25) is 0 Å². The smallest absolute Gasteiger partial charge is 0.315 e. The van der Waals surface area contributed by atoms with E-state index >= 15 is 0 Å². The van der Waals surface area contributed by atoms with E-state index in [0.29, 0.717) is 0 Å². The summed E-state index contributed by atoms with van der Waals surface area (Å²) >= 11 is 0. The highest BCUT2D eigenvalue weighted by Crippen LogP contribution is 2.30. The van der Waals surface area contributed by atoms with Crippen LogP contribution in [0.5, 0.6) is 5.75 Å². The summed E-state index contributed by atoms with van der Waals surface area (Å²) in [6, 6.07) is 17.8. The summed E-state index contributed by atoms with van der Waals surface area (Å²) in [7, 11) is 1.65. The Balaban J connectivity index is 1.81. The molecule has 0 aliphatic carbocycles. The number of methoxy groups -OCH3 is 1. The largest absolute Gasteiger partial charge is 0.497 e. The summed E-state index contributed by atoms with van der Waals surface area (Å²) < 4.78 is 5.17. The zero-order chi connectivity index (χ0) is 14.7. The first-order valence-electron chi connectivity index (χ1n) is 7.02. The van der Waals surface area contributed by atoms with E-state index in [1.165, 1.54) is 0 Å². The van der Waals surface area contributed by atoms with Crippen LogP contribution in [0.3, 0.4) is 0 Å². The monoisotopic (exact) mass is 282 g/mol. The highest BCUT2D eigenvalue weighted by Gasteiger charge is 2.27. The van der Waals surface area contributed by atoms with Crippen LogP contribution >= 0.6 is 0 Å². The zero-order valence-electron chi connectivity index (χ0n) is 11.9. The topological polar surface area (TPSA) is 50.4 Å². The van der Waals surface area contributed by atoms with Gasteiger partial charge in [-0.25, -0.2) is 4.79 Å². The fraction of sp³-hybridized carbons (Fsp3) is 0.235. The molecule has 2 N–H and O–H groups in total. The second kappa shape index (κ2) is 5.87. The lowest BCUT2D eigenvalue weighted by atomic mass is 9.93. The molecule has 108 valence electrons. The summed E-state index contributed by atoms with van der Waals surface area (Å²) in [5, 5.41) is 5.96. The van der Waals surface area contributed by atoms with Gasteiger partial charge in [0.25, 0.3) is 0 Å². The first kappa shape index (κ1) is 13.5. The summed E-state index contributed by atoms with van der Waals surface area (Å²) in [5.74, 6) is 0.818. The van der Waals surface area contributed by atoms with Crippen LogP contribution in [0, 0.1) is 0 Å². The van der Waals surface area contributed by atoms with Gasteiger partial charge in [0.15, 0.2) is 0 Å². The van der Waals surface area contributed by atoms with Crippen LogP contribution in [0.15, 0.2) is 54.6 Å². The number of urea groups is 1. The molecule has 4 nitrogen and oxygen atoms in total. The summed E-state index contributed by atoms with van der Waals surface area (Å²) in [6.45, 7) is 0. The number of rotatable bonds is 3. The molecule has 4 heteroatoms. The van der Waals surface area contributed by atoms with Gasteiger partial charge in [-0.1, -0.05) is 42.5 Å². The number of nitrogens with one attached hydrogen (secondary N) is 2. The van der Waals surface area contributed by atoms with E-state index in [9.17, 15) is 4.79 Å². The summed E-state index contributed by atoms with van der Waals surface area (Å²) in [6.07, 6.45) is 0.822. The Morgan fingerprint density at radius 1 is 0.905 bits per heavy atom. The molecule has 2 aromatic rings. The SMILES string of the molecule is COc1ccc(C2CC(c3ccccc3)NC(=O)N2)cc1. The molecule has 2 unspecified atom stereocenters. The first-order chi connectivity index (χ1) is 10.3. The number of benzene rings is 2. The molecule has 1 aliphatic rings. The minimum absolute atomic E-state index is 0.00913. The van der Waals surface area contributed by atoms with Crippen molar-refractivity contribution >= 4 is 6.03 Å². The van der Waals surface area contributed by atoms with Crippen LogP contribution in [-0.4, -0.2) is 13.1 Å². The lowest BCUT2D eigenvalue weighted by Gasteiger charge is -2.31. The molecule has 1 heterocycles. The first-order valence-corrected chi connectivity index (χ1v) is 7.02. The van der Waals surface area contributed by atoms with Gasteiger partial charge in [0.1, 0.15) is 5.75 Å². The molecule has 21 heavy (non-hydrogen) atoms. The number of ether oxygens (including phenoxy) is 1. The third-order valence-electron chi connectivity index (χ3n) is 3.80. The standard InChI is InChI=1S/C17H18N2O2/c1-21-14-9-7-13(8-10-14)16-11-15(18-17(20)19-16)12-5-3-2-4-6-12/h2-10,15-16H,11H2,1H3,(H2,18,19,20). The van der Waals surface area contributed by atoms with Gasteiger partial charge in [-0.15, -0.1) is 0 Å². The van der Waals surface area contributed by atoms with Crippen LogP contribution in [0.25, 0.3) is 0 Å². The predicted molar refractivity (Wildman–Crippen MR) is 81.2 cm³/mol. The molecule has 0 bridgehead atoms. The van der Waals surface area contributed by atoms with Crippen LogP contribution in [0.1, 0.15) is 29.6 Å². The van der Waals surface area contributed by atoms with Crippen molar-refractivity contribution in [2.75, 3.05) is 7.11 Å². The maximum absolute atomic E-state index is 11.9. The van der Waals surface area contributed by atoms with E-state index in [2.05, 4.69) is 10.6 Å². The molecular formula is C17H18N2O2. The lowest BCUT2D eigenvalue weighted by molar-refractivity contribution is 0.219. The molecule has 2 atom stereocenters. The van der Waals surface area contributed by atoms with Gasteiger partial charge < -0.3 is 15.4 Å². The maximum atomic E-state index is 11.9. The zero-order valence-corrected chi connectivity index (χ0v) is 11.9. The van der Waals surface area contributed by atoms with Crippen molar-refractivity contribution in [1.29, 1.82) is 0 Å². The Morgan fingerprint density at radius 2 is 1.48 bits per heavy atom. The van der Waals surface area contributed by atoms with E-state index in [1.807, 2.05) is 54.6 Å². The van der Waals surface area contributed by atoms with Crippen LogP contribution < -0.4 is 15.4 Å². The quantitative estimate of drug-likeness (QED) is 0.908. The fourth-order valence-corrected chi connectivity index (χ4v) is 2.67. The minimum atomic E-state index is -0.129. The van der Waals surface area contributed by atoms with Gasteiger partial charge in [-0.2, -0.15) is 0 Å². The van der Waals surface area contributed by atoms with Crippen molar-refractivity contribution in [1.82, 2.24) is 10.6 Å². The molecule has 0 saturated carbocycles. The van der Waals surface area contributed by atoms with Gasteiger partial charge in [0.05, 0.1) is 19.2 Å². The fourth-order valence-electron chi connectivity index (χ4n) is 2.67. The third kappa shape index (κ3) is 2.99. The minimum Gasteiger partial charge on any atom is -0.497 e. The average Bonchev–Trinajstić information content (AvgIpc) is 2.55. The number of hydrogen-bond donors (Lipinski definition) is 2. The van der Waals surface area contributed by atoms with E-state index in [4.69, 9.17) is 4.74 Å². The van der Waals surface area contributed by atoms with Crippen molar-refractivity contribution in [3.63, 3.8) is 0 Å². The van der Waals surface area contributed by atoms with Crippen LogP contribution in [-0.2, 0) is 0 Å². The molecule has 0 aromatic heterocycles. The number of carbonyl (C=O) groups is 1. The molecule has 2 amide bonds. The summed E-state index contributed by atoms with van der Waals surface area (Å²) in [4.78, 5) is 11.9. The van der Waals surface area contributed by atoms with E-state index in [-0.39, 0.29) is 18.1 Å². The van der Waals surface area contributed by atoms with Crippen LogP contribution in [0.4, 0.5) is 4.79 Å². The Labute approximate surface area is 124 Å². The molecule has 1 saturated heterocycles. The number of carbonyl (C=O) groups excluding carboxylic acids is 1. The number of amides is 2. The number of hydrogen-bond acceptors (Lipinski definition) is 2. The van der Waals surface area contributed by atoms with Gasteiger partial charge in [0.2, 0.25) is 0 Å². The van der Waals surface area contributed by atoms with Crippen molar-refractivity contribution in [3.05, 3.63) is 65.7 Å². The Hall–Kier alpha value is -2.49. The third-order valence-corrected chi connectivity index (χ3v) is 3.80. The van der Waals surface area contributed by atoms with Crippen LogP contribution in [0.2, 0.25) is 0 Å². The van der Waals surface area contributed by atoms with Gasteiger partial charge in [0, 0.05) is 0 Å². The summed E-state index contributed by atoms with van der Waals surface area (Å²) in [5.41, 5.74) is 2.22. The average molecular weight is 282 g/mol. The second-order valence-electron chi connectivity index (χ2n) is 5.14. The van der Waals surface area contributed by atoms with Gasteiger partial charge in [-0.05, 0) is 29.7 Å². The second-order valence-corrected chi connectivity index (χ2v) is 5.14. The Bertz CT molecular complexity index is 610. The van der Waals surface area contributed by atoms with Crippen molar-refractivity contribution < 1.29 is 9.53 Å². The highest BCUT2D eigenvalue weighted by molar-refractivity contribution is 5.76. The highest BCUT2D eigenvalue weighted by atomic mass is 16.5. The molecule has 1 aliphatic heterocycles. The molecule has 1 fully saturated rings. The van der Waals surface area contributed by atoms with Gasteiger partial charge >= 0.3 is 6.03 Å². The molecular weight excluding hydrogens is 264 g/mol.